The lowest BCUT2D eigenvalue weighted by Gasteiger charge is -2.17. The first-order valence-corrected chi connectivity index (χ1v) is 6.12. The first kappa shape index (κ1) is 18.6. The molecule has 8 heteroatoms. The lowest BCUT2D eigenvalue weighted by molar-refractivity contribution is -0.154. The van der Waals surface area contributed by atoms with Crippen LogP contribution >= 0.6 is 0 Å². The number of carbonyl (C=O) groups excluding carboxylic acids is 4. The van der Waals surface area contributed by atoms with Crippen molar-refractivity contribution in [3.63, 3.8) is 0 Å². The number of hydrogen-bond acceptors (Lipinski definition) is 7. The molecular weight excluding hydrogens is 282 g/mol. The second kappa shape index (κ2) is 9.51. The topological polar surface area (TPSA) is 99.2 Å². The number of methoxy groups -OCH3 is 1. The van der Waals surface area contributed by atoms with E-state index in [-0.39, 0.29) is 12.6 Å². The van der Waals surface area contributed by atoms with E-state index in [0.29, 0.717) is 0 Å². The van der Waals surface area contributed by atoms with Gasteiger partial charge in [0, 0.05) is 19.2 Å². The van der Waals surface area contributed by atoms with E-state index in [9.17, 15) is 19.2 Å². The Morgan fingerprint density at radius 2 is 1.67 bits per heavy atom. The summed E-state index contributed by atoms with van der Waals surface area (Å²) in [5, 5.41) is 0. The fraction of sp³-hybridized carbons (Fsp3) is 0.538. The third kappa shape index (κ3) is 9.20. The molecule has 0 aromatic heterocycles. The number of rotatable bonds is 7. The first-order chi connectivity index (χ1) is 9.76. The molecule has 0 rings (SSSR count). The second-order valence-corrected chi connectivity index (χ2v) is 4.25. The molecule has 0 N–H and O–H groups in total. The average molecular weight is 301 g/mol. The van der Waals surface area contributed by atoms with Crippen molar-refractivity contribution in [2.24, 2.45) is 0 Å². The Balaban J connectivity index is 4.13. The summed E-state index contributed by atoms with van der Waals surface area (Å²) in [5.74, 6) is -2.72. The Bertz CT molecular complexity index is 428. The zero-order valence-corrected chi connectivity index (χ0v) is 12.5. The van der Waals surface area contributed by atoms with Crippen molar-refractivity contribution in [1.82, 2.24) is 4.90 Å². The predicted octanol–water partition coefficient (Wildman–Crippen LogP) is -0.331. The highest BCUT2D eigenvalue weighted by Crippen LogP contribution is 1.94. The molecule has 0 saturated heterocycles. The van der Waals surface area contributed by atoms with Gasteiger partial charge >= 0.3 is 17.9 Å². The van der Waals surface area contributed by atoms with Crippen LogP contribution in [0.5, 0.6) is 0 Å². The molecule has 0 aliphatic rings. The first-order valence-electron chi connectivity index (χ1n) is 6.12. The van der Waals surface area contributed by atoms with E-state index in [1.54, 1.807) is 13.8 Å². The Morgan fingerprint density at radius 1 is 1.10 bits per heavy atom. The minimum absolute atomic E-state index is 0.243. The lowest BCUT2D eigenvalue weighted by atomic mass is 10.4. The van der Waals surface area contributed by atoms with E-state index in [0.717, 1.165) is 24.2 Å². The van der Waals surface area contributed by atoms with Gasteiger partial charge < -0.3 is 19.1 Å². The molecule has 0 aliphatic heterocycles. The lowest BCUT2D eigenvalue weighted by Crippen LogP contribution is -2.36. The summed E-state index contributed by atoms with van der Waals surface area (Å²) in [6.07, 6.45) is 1.44. The van der Waals surface area contributed by atoms with Crippen LogP contribution in [0.15, 0.2) is 12.2 Å². The molecule has 118 valence electrons. The molecule has 8 nitrogen and oxygen atoms in total. The second-order valence-electron chi connectivity index (χ2n) is 4.25. The SMILES string of the molecule is COC(=O)/C=C/C(=O)OCC(=O)N(C)CC(=O)OC(C)C. The van der Waals surface area contributed by atoms with Gasteiger partial charge in [-0.2, -0.15) is 0 Å². The Morgan fingerprint density at radius 3 is 2.19 bits per heavy atom. The smallest absolute Gasteiger partial charge is 0.331 e. The summed E-state index contributed by atoms with van der Waals surface area (Å²) in [6, 6.07) is 0. The average Bonchev–Trinajstić information content (AvgIpc) is 2.40. The van der Waals surface area contributed by atoms with Crippen LogP contribution in [0.4, 0.5) is 0 Å². The van der Waals surface area contributed by atoms with Crippen LogP contribution in [0.3, 0.4) is 0 Å². The zero-order valence-electron chi connectivity index (χ0n) is 12.5. The Labute approximate surface area is 122 Å². The maximum Gasteiger partial charge on any atom is 0.331 e. The molecule has 0 atom stereocenters. The largest absolute Gasteiger partial charge is 0.466 e. The van der Waals surface area contributed by atoms with E-state index in [2.05, 4.69) is 9.47 Å². The third-order valence-electron chi connectivity index (χ3n) is 2.05. The quantitative estimate of drug-likeness (QED) is 0.360. The normalized spacial score (nSPS) is 10.3. The number of likely N-dealkylation sites (N-methyl/N-ethyl adjacent to an activating group) is 1. The van der Waals surface area contributed by atoms with Gasteiger partial charge in [-0.15, -0.1) is 0 Å². The van der Waals surface area contributed by atoms with Gasteiger partial charge in [0.15, 0.2) is 6.61 Å². The molecular formula is C13H19NO7. The highest BCUT2D eigenvalue weighted by Gasteiger charge is 2.16. The fourth-order valence-electron chi connectivity index (χ4n) is 1.08. The molecule has 0 unspecified atom stereocenters. The predicted molar refractivity (Wildman–Crippen MR) is 71.0 cm³/mol. The summed E-state index contributed by atoms with van der Waals surface area (Å²) in [6.45, 7) is 2.59. The maximum atomic E-state index is 11.6. The van der Waals surface area contributed by atoms with Gasteiger partial charge in [-0.25, -0.2) is 9.59 Å². The molecule has 0 aromatic carbocycles. The summed E-state index contributed by atoms with van der Waals surface area (Å²) in [7, 11) is 2.54. The van der Waals surface area contributed by atoms with Crippen LogP contribution in [-0.4, -0.2) is 62.1 Å². The molecule has 21 heavy (non-hydrogen) atoms. The van der Waals surface area contributed by atoms with E-state index in [4.69, 9.17) is 4.74 Å². The number of nitrogens with zero attached hydrogens (tertiary/aromatic N) is 1. The molecule has 0 fully saturated rings. The molecule has 0 bridgehead atoms. The monoisotopic (exact) mass is 301 g/mol. The fourth-order valence-corrected chi connectivity index (χ4v) is 1.08. The third-order valence-corrected chi connectivity index (χ3v) is 2.05. The molecule has 0 aliphatic carbocycles. The number of ether oxygens (including phenoxy) is 3. The summed E-state index contributed by atoms with van der Waals surface area (Å²) < 4.78 is 13.8. The van der Waals surface area contributed by atoms with Crippen LogP contribution < -0.4 is 0 Å². The van der Waals surface area contributed by atoms with Crippen molar-refractivity contribution >= 4 is 23.8 Å². The number of hydrogen-bond donors (Lipinski definition) is 0. The molecule has 1 amide bonds. The van der Waals surface area contributed by atoms with Gasteiger partial charge in [-0.3, -0.25) is 9.59 Å². The van der Waals surface area contributed by atoms with E-state index < -0.39 is 30.4 Å². The van der Waals surface area contributed by atoms with Gasteiger partial charge in [0.25, 0.3) is 5.91 Å². The van der Waals surface area contributed by atoms with Crippen LogP contribution in [0, 0.1) is 0 Å². The molecule has 0 aromatic rings. The number of carbonyl (C=O) groups is 4. The van der Waals surface area contributed by atoms with Gasteiger partial charge in [0.05, 0.1) is 13.2 Å². The maximum absolute atomic E-state index is 11.6. The van der Waals surface area contributed by atoms with Gasteiger partial charge in [0.1, 0.15) is 6.54 Å². The molecule has 0 heterocycles. The highest BCUT2D eigenvalue weighted by atomic mass is 16.5. The highest BCUT2D eigenvalue weighted by molar-refractivity contribution is 5.92. The number of amides is 1. The molecule has 0 saturated carbocycles. The molecule has 0 radical (unpaired) electrons. The Kier molecular flexibility index (Phi) is 8.43. The summed E-state index contributed by atoms with van der Waals surface area (Å²) >= 11 is 0. The standard InChI is InChI=1S/C13H19NO7/c1-9(2)21-13(18)7-14(3)10(15)8-20-12(17)6-5-11(16)19-4/h5-6,9H,7-8H2,1-4H3/b6-5+. The van der Waals surface area contributed by atoms with Crippen LogP contribution in [0.25, 0.3) is 0 Å². The van der Waals surface area contributed by atoms with Crippen molar-refractivity contribution in [2.75, 3.05) is 27.3 Å². The molecule has 0 spiro atoms. The van der Waals surface area contributed by atoms with Crippen molar-refractivity contribution < 1.29 is 33.4 Å². The summed E-state index contributed by atoms with van der Waals surface area (Å²) in [5.41, 5.74) is 0. The minimum atomic E-state index is -0.869. The van der Waals surface area contributed by atoms with Crippen molar-refractivity contribution in [3.8, 4) is 0 Å². The van der Waals surface area contributed by atoms with Crippen molar-refractivity contribution in [2.45, 2.75) is 20.0 Å². The van der Waals surface area contributed by atoms with Crippen molar-refractivity contribution in [1.29, 1.82) is 0 Å². The zero-order chi connectivity index (χ0) is 16.4. The van der Waals surface area contributed by atoms with Gasteiger partial charge in [-0.05, 0) is 13.8 Å². The van der Waals surface area contributed by atoms with Crippen LogP contribution in [0.2, 0.25) is 0 Å². The van der Waals surface area contributed by atoms with Gasteiger partial charge in [-0.1, -0.05) is 0 Å². The summed E-state index contributed by atoms with van der Waals surface area (Å²) in [4.78, 5) is 45.9. The van der Waals surface area contributed by atoms with Gasteiger partial charge in [0.2, 0.25) is 0 Å². The minimum Gasteiger partial charge on any atom is -0.466 e. The van der Waals surface area contributed by atoms with E-state index in [1.165, 1.54) is 7.05 Å². The van der Waals surface area contributed by atoms with E-state index in [1.807, 2.05) is 0 Å². The Hall–Kier alpha value is -2.38. The number of esters is 3. The van der Waals surface area contributed by atoms with E-state index >= 15 is 0 Å². The van der Waals surface area contributed by atoms with Crippen LogP contribution in [-0.2, 0) is 33.4 Å². The van der Waals surface area contributed by atoms with Crippen molar-refractivity contribution in [3.05, 3.63) is 12.2 Å². The van der Waals surface area contributed by atoms with Crippen LogP contribution in [0.1, 0.15) is 13.8 Å².